The quantitative estimate of drug-likeness (QED) is 0.616. The minimum Gasteiger partial charge on any atom is -0.330 e. The summed E-state index contributed by atoms with van der Waals surface area (Å²) in [5.41, 5.74) is 9.19. The molecular formula is C21H28N4. The number of fused-ring (bicyclic) bond motifs is 1. The van der Waals surface area contributed by atoms with Crippen molar-refractivity contribution in [1.82, 2.24) is 14.9 Å². The van der Waals surface area contributed by atoms with Gasteiger partial charge in [0.05, 0.1) is 17.1 Å². The number of benzene rings is 2. The van der Waals surface area contributed by atoms with Gasteiger partial charge in [-0.15, -0.1) is 0 Å². The largest absolute Gasteiger partial charge is 0.330 e. The fourth-order valence-corrected chi connectivity index (χ4v) is 3.25. The molecule has 0 aliphatic rings. The van der Waals surface area contributed by atoms with Crippen LogP contribution < -0.4 is 11.1 Å². The van der Waals surface area contributed by atoms with Crippen LogP contribution in [-0.4, -0.2) is 22.6 Å². The van der Waals surface area contributed by atoms with E-state index in [-0.39, 0.29) is 6.04 Å². The summed E-state index contributed by atoms with van der Waals surface area (Å²) in [5.74, 6) is 1.56. The lowest BCUT2D eigenvalue weighted by Gasteiger charge is -2.23. The van der Waals surface area contributed by atoms with Crippen LogP contribution in [0.25, 0.3) is 11.0 Å². The molecule has 1 aromatic heterocycles. The van der Waals surface area contributed by atoms with E-state index in [0.29, 0.717) is 12.5 Å². The molecule has 0 bridgehead atoms. The van der Waals surface area contributed by atoms with Crippen LogP contribution in [0.1, 0.15) is 37.7 Å². The van der Waals surface area contributed by atoms with E-state index in [2.05, 4.69) is 78.3 Å². The SMILES string of the molecule is CC(C)C(NCCCN)c1nc2ccccc2n1Cc1ccccc1. The number of nitrogens with two attached hydrogens (primary N) is 1. The molecule has 4 nitrogen and oxygen atoms in total. The third-order valence-electron chi connectivity index (χ3n) is 4.56. The van der Waals surface area contributed by atoms with Crippen molar-refractivity contribution in [2.75, 3.05) is 13.1 Å². The third-order valence-corrected chi connectivity index (χ3v) is 4.56. The van der Waals surface area contributed by atoms with Gasteiger partial charge >= 0.3 is 0 Å². The van der Waals surface area contributed by atoms with Crippen LogP contribution in [0, 0.1) is 5.92 Å². The maximum absolute atomic E-state index is 5.66. The molecule has 1 heterocycles. The van der Waals surface area contributed by atoms with Gasteiger partial charge in [-0.2, -0.15) is 0 Å². The standard InChI is InChI=1S/C21H28N4/c1-16(2)20(23-14-8-13-22)21-24-18-11-6-7-12-19(18)25(21)15-17-9-4-3-5-10-17/h3-7,9-12,16,20,23H,8,13-15,22H2,1-2H3. The second-order valence-corrected chi connectivity index (χ2v) is 6.85. The predicted octanol–water partition coefficient (Wildman–Crippen LogP) is 3.72. The van der Waals surface area contributed by atoms with Crippen molar-refractivity contribution in [3.63, 3.8) is 0 Å². The Balaban J connectivity index is 2.01. The van der Waals surface area contributed by atoms with E-state index in [9.17, 15) is 0 Å². The molecule has 0 amide bonds. The lowest BCUT2D eigenvalue weighted by Crippen LogP contribution is -2.30. The Morgan fingerprint density at radius 1 is 1.04 bits per heavy atom. The first-order chi connectivity index (χ1) is 12.2. The van der Waals surface area contributed by atoms with Crippen LogP contribution >= 0.6 is 0 Å². The number of hydrogen-bond donors (Lipinski definition) is 2. The first-order valence-electron chi connectivity index (χ1n) is 9.13. The second-order valence-electron chi connectivity index (χ2n) is 6.85. The molecule has 0 fully saturated rings. The van der Waals surface area contributed by atoms with E-state index >= 15 is 0 Å². The Hall–Kier alpha value is -2.17. The maximum atomic E-state index is 5.66. The zero-order chi connectivity index (χ0) is 17.6. The van der Waals surface area contributed by atoms with Gasteiger partial charge in [0, 0.05) is 6.54 Å². The molecule has 25 heavy (non-hydrogen) atoms. The lowest BCUT2D eigenvalue weighted by molar-refractivity contribution is 0.384. The normalized spacial score (nSPS) is 12.8. The Labute approximate surface area is 150 Å². The Kier molecular flexibility index (Phi) is 5.84. The summed E-state index contributed by atoms with van der Waals surface area (Å²) in [5, 5.41) is 3.66. The topological polar surface area (TPSA) is 55.9 Å². The average molecular weight is 336 g/mol. The van der Waals surface area contributed by atoms with E-state index in [4.69, 9.17) is 10.7 Å². The molecule has 3 aromatic rings. The third kappa shape index (κ3) is 4.09. The zero-order valence-corrected chi connectivity index (χ0v) is 15.2. The molecule has 1 unspecified atom stereocenters. The number of nitrogens with one attached hydrogen (secondary N) is 1. The van der Waals surface area contributed by atoms with Crippen LogP contribution in [0.5, 0.6) is 0 Å². The molecule has 1 atom stereocenters. The van der Waals surface area contributed by atoms with Crippen LogP contribution in [-0.2, 0) is 6.54 Å². The Bertz CT molecular complexity index is 792. The van der Waals surface area contributed by atoms with Gasteiger partial charge < -0.3 is 15.6 Å². The van der Waals surface area contributed by atoms with Gasteiger partial charge in [-0.1, -0.05) is 56.3 Å². The van der Waals surface area contributed by atoms with E-state index in [1.165, 1.54) is 11.1 Å². The minimum absolute atomic E-state index is 0.211. The van der Waals surface area contributed by atoms with Crippen molar-refractivity contribution < 1.29 is 0 Å². The van der Waals surface area contributed by atoms with E-state index in [1.807, 2.05) is 0 Å². The highest BCUT2D eigenvalue weighted by Gasteiger charge is 2.22. The number of imidazole rings is 1. The molecule has 3 N–H and O–H groups in total. The summed E-state index contributed by atoms with van der Waals surface area (Å²) in [4.78, 5) is 4.98. The van der Waals surface area contributed by atoms with E-state index in [0.717, 1.165) is 30.9 Å². The molecule has 4 heteroatoms. The van der Waals surface area contributed by atoms with Gasteiger partial charge in [-0.05, 0) is 43.1 Å². The summed E-state index contributed by atoms with van der Waals surface area (Å²) >= 11 is 0. The molecule has 0 spiro atoms. The molecule has 0 radical (unpaired) electrons. The fourth-order valence-electron chi connectivity index (χ4n) is 3.25. The minimum atomic E-state index is 0.211. The fraction of sp³-hybridized carbons (Fsp3) is 0.381. The molecule has 0 aliphatic carbocycles. The van der Waals surface area contributed by atoms with Crippen LogP contribution in [0.3, 0.4) is 0 Å². The number of rotatable bonds is 8. The molecule has 132 valence electrons. The predicted molar refractivity (Wildman–Crippen MR) is 105 cm³/mol. The first kappa shape index (κ1) is 17.6. The Morgan fingerprint density at radius 2 is 1.76 bits per heavy atom. The molecule has 2 aromatic carbocycles. The summed E-state index contributed by atoms with van der Waals surface area (Å²) in [7, 11) is 0. The van der Waals surface area contributed by atoms with Crippen molar-refractivity contribution in [2.24, 2.45) is 11.7 Å². The van der Waals surface area contributed by atoms with Crippen molar-refractivity contribution in [1.29, 1.82) is 0 Å². The lowest BCUT2D eigenvalue weighted by atomic mass is 10.0. The van der Waals surface area contributed by atoms with Crippen molar-refractivity contribution in [3.8, 4) is 0 Å². The van der Waals surface area contributed by atoms with Gasteiger partial charge in [-0.25, -0.2) is 4.98 Å². The first-order valence-corrected chi connectivity index (χ1v) is 9.13. The summed E-state index contributed by atoms with van der Waals surface area (Å²) < 4.78 is 2.35. The van der Waals surface area contributed by atoms with Crippen molar-refractivity contribution in [2.45, 2.75) is 32.9 Å². The number of para-hydroxylation sites is 2. The molecule has 0 saturated heterocycles. The van der Waals surface area contributed by atoms with Gasteiger partial charge in [0.2, 0.25) is 0 Å². The maximum Gasteiger partial charge on any atom is 0.127 e. The summed E-state index contributed by atoms with van der Waals surface area (Å²) in [6.07, 6.45) is 0.974. The highest BCUT2D eigenvalue weighted by Crippen LogP contribution is 2.26. The number of nitrogens with zero attached hydrogens (tertiary/aromatic N) is 2. The number of hydrogen-bond acceptors (Lipinski definition) is 3. The van der Waals surface area contributed by atoms with Gasteiger partial charge in [0.1, 0.15) is 5.82 Å². The molecule has 3 rings (SSSR count). The molecule has 0 saturated carbocycles. The van der Waals surface area contributed by atoms with E-state index in [1.54, 1.807) is 0 Å². The summed E-state index contributed by atoms with van der Waals surface area (Å²) in [6, 6.07) is 19.2. The molecule has 0 aliphatic heterocycles. The van der Waals surface area contributed by atoms with Crippen LogP contribution in [0.2, 0.25) is 0 Å². The second kappa shape index (κ2) is 8.28. The zero-order valence-electron chi connectivity index (χ0n) is 15.2. The smallest absolute Gasteiger partial charge is 0.127 e. The highest BCUT2D eigenvalue weighted by molar-refractivity contribution is 5.76. The van der Waals surface area contributed by atoms with Crippen LogP contribution in [0.15, 0.2) is 54.6 Å². The van der Waals surface area contributed by atoms with Gasteiger partial charge in [0.25, 0.3) is 0 Å². The highest BCUT2D eigenvalue weighted by atomic mass is 15.1. The van der Waals surface area contributed by atoms with Crippen molar-refractivity contribution in [3.05, 3.63) is 66.0 Å². The van der Waals surface area contributed by atoms with Crippen LogP contribution in [0.4, 0.5) is 0 Å². The van der Waals surface area contributed by atoms with E-state index < -0.39 is 0 Å². The van der Waals surface area contributed by atoms with Gasteiger partial charge in [0.15, 0.2) is 0 Å². The Morgan fingerprint density at radius 3 is 2.48 bits per heavy atom. The number of aromatic nitrogens is 2. The summed E-state index contributed by atoms with van der Waals surface area (Å²) in [6.45, 7) is 6.93. The van der Waals surface area contributed by atoms with Crippen molar-refractivity contribution >= 4 is 11.0 Å². The monoisotopic (exact) mass is 336 g/mol. The van der Waals surface area contributed by atoms with Gasteiger partial charge in [-0.3, -0.25) is 0 Å². The average Bonchev–Trinajstić information content (AvgIpc) is 2.98. The molecular weight excluding hydrogens is 308 g/mol.